The van der Waals surface area contributed by atoms with Crippen molar-refractivity contribution in [1.82, 2.24) is 9.47 Å². The van der Waals surface area contributed by atoms with E-state index in [2.05, 4.69) is 4.90 Å². The van der Waals surface area contributed by atoms with Crippen molar-refractivity contribution < 1.29 is 15.0 Å². The van der Waals surface area contributed by atoms with Gasteiger partial charge in [0.25, 0.3) is 0 Å². The molecule has 7 nitrogen and oxygen atoms in total. The number of hydrogen-bond donors (Lipinski definition) is 2. The molecule has 1 spiro atoms. The maximum atomic E-state index is 12.7. The van der Waals surface area contributed by atoms with Crippen LogP contribution in [-0.2, 0) is 11.8 Å². The number of aryl methyl sites for hydroxylation is 1. The van der Waals surface area contributed by atoms with Gasteiger partial charge in [-0.2, -0.15) is 0 Å². The highest BCUT2D eigenvalue weighted by Crippen LogP contribution is 2.42. The van der Waals surface area contributed by atoms with Crippen LogP contribution >= 0.6 is 0 Å². The van der Waals surface area contributed by atoms with E-state index in [1.165, 1.54) is 10.6 Å². The van der Waals surface area contributed by atoms with Crippen LogP contribution < -0.4 is 10.5 Å². The van der Waals surface area contributed by atoms with Crippen LogP contribution in [0.4, 0.5) is 5.69 Å². The molecular weight excluding hydrogens is 298 g/mol. The fraction of sp³-hybridized carbons (Fsp3) is 0.625. The Bertz CT molecular complexity index is 659. The summed E-state index contributed by atoms with van der Waals surface area (Å²) in [6.45, 7) is 2.22. The molecule has 3 rings (SSSR count). The summed E-state index contributed by atoms with van der Waals surface area (Å²) in [5.74, 6) is 0.0827. The molecule has 3 heterocycles. The average Bonchev–Trinajstić information content (AvgIpc) is 2.55. The molecule has 1 aromatic heterocycles. The van der Waals surface area contributed by atoms with Gasteiger partial charge in [0.2, 0.25) is 11.5 Å². The molecule has 1 amide bonds. The summed E-state index contributed by atoms with van der Waals surface area (Å²) in [7, 11) is 1.67. The second-order valence-corrected chi connectivity index (χ2v) is 6.68. The minimum Gasteiger partial charge on any atom is -0.394 e. The van der Waals surface area contributed by atoms with Crippen molar-refractivity contribution >= 4 is 11.6 Å². The number of aliphatic hydroxyl groups is 2. The molecule has 2 aliphatic rings. The van der Waals surface area contributed by atoms with Gasteiger partial charge < -0.3 is 19.7 Å². The Labute approximate surface area is 134 Å². The third-order valence-electron chi connectivity index (χ3n) is 4.88. The van der Waals surface area contributed by atoms with E-state index in [-0.39, 0.29) is 23.5 Å². The molecular formula is C16H23N3O4. The Kier molecular flexibility index (Phi) is 4.27. The van der Waals surface area contributed by atoms with Crippen molar-refractivity contribution in [3.63, 3.8) is 0 Å². The van der Waals surface area contributed by atoms with Crippen molar-refractivity contribution in [1.29, 1.82) is 0 Å². The molecule has 0 radical (unpaired) electrons. The maximum absolute atomic E-state index is 12.7. The summed E-state index contributed by atoms with van der Waals surface area (Å²) < 4.78 is 1.47. The Morgan fingerprint density at radius 1 is 1.30 bits per heavy atom. The van der Waals surface area contributed by atoms with Crippen LogP contribution in [0.15, 0.2) is 23.1 Å². The predicted octanol–water partition coefficient (Wildman–Crippen LogP) is -0.833. The second-order valence-electron chi connectivity index (χ2n) is 6.68. The number of nitrogens with zero attached hydrogens (tertiary/aromatic N) is 3. The lowest BCUT2D eigenvalue weighted by atomic mass is 9.72. The van der Waals surface area contributed by atoms with Crippen molar-refractivity contribution in [2.75, 3.05) is 37.7 Å². The predicted molar refractivity (Wildman–Crippen MR) is 85.2 cm³/mol. The third-order valence-corrected chi connectivity index (χ3v) is 4.88. The number of piperidine rings is 1. The average molecular weight is 321 g/mol. The smallest absolute Gasteiger partial charge is 0.250 e. The van der Waals surface area contributed by atoms with E-state index in [0.717, 1.165) is 25.1 Å². The van der Waals surface area contributed by atoms with Crippen molar-refractivity contribution in [3.05, 3.63) is 28.7 Å². The minimum absolute atomic E-state index is 0.0827. The lowest BCUT2D eigenvalue weighted by Gasteiger charge is -2.53. The number of amides is 1. The molecule has 2 aliphatic heterocycles. The molecule has 23 heavy (non-hydrogen) atoms. The first kappa shape index (κ1) is 16.2. The standard InChI is InChI=1S/C16H23N3O4/c1-17-7-12(3-4-14(17)22)19-11-16(15(19)23)5-2-6-18(10-16)8-13(21)9-20/h3-4,7,13,20-21H,2,5-6,8-11H2,1H3. The summed E-state index contributed by atoms with van der Waals surface area (Å²) in [5.41, 5.74) is 0.260. The van der Waals surface area contributed by atoms with E-state index in [9.17, 15) is 14.7 Å². The van der Waals surface area contributed by atoms with E-state index in [1.54, 1.807) is 24.2 Å². The minimum atomic E-state index is -0.764. The molecule has 0 aromatic carbocycles. The summed E-state index contributed by atoms with van der Waals surface area (Å²) >= 11 is 0. The number of likely N-dealkylation sites (tertiary alicyclic amines) is 1. The summed E-state index contributed by atoms with van der Waals surface area (Å²) in [6, 6.07) is 3.15. The molecule has 7 heteroatoms. The number of aromatic nitrogens is 1. The van der Waals surface area contributed by atoms with Gasteiger partial charge in [0.1, 0.15) is 0 Å². The zero-order valence-electron chi connectivity index (χ0n) is 13.3. The van der Waals surface area contributed by atoms with Gasteiger partial charge in [0, 0.05) is 38.9 Å². The lowest BCUT2D eigenvalue weighted by molar-refractivity contribution is -0.140. The topological polar surface area (TPSA) is 86.0 Å². The van der Waals surface area contributed by atoms with Crippen LogP contribution in [0.3, 0.4) is 0 Å². The zero-order chi connectivity index (χ0) is 16.6. The first-order valence-corrected chi connectivity index (χ1v) is 7.95. The fourth-order valence-corrected chi connectivity index (χ4v) is 3.63. The molecule has 0 saturated carbocycles. The molecule has 2 N–H and O–H groups in total. The molecule has 0 aliphatic carbocycles. The fourth-order valence-electron chi connectivity index (χ4n) is 3.63. The van der Waals surface area contributed by atoms with Gasteiger partial charge in [-0.05, 0) is 25.5 Å². The number of pyridine rings is 1. The zero-order valence-corrected chi connectivity index (χ0v) is 13.3. The number of anilines is 1. The Morgan fingerprint density at radius 3 is 2.74 bits per heavy atom. The first-order chi connectivity index (χ1) is 10.9. The SMILES string of the molecule is Cn1cc(N2CC3(CCCN(CC(O)CO)C3)C2=O)ccc1=O. The monoisotopic (exact) mass is 321 g/mol. The maximum Gasteiger partial charge on any atom is 0.250 e. The summed E-state index contributed by atoms with van der Waals surface area (Å²) in [4.78, 5) is 28.0. The van der Waals surface area contributed by atoms with Gasteiger partial charge in [-0.1, -0.05) is 0 Å². The molecule has 2 fully saturated rings. The molecule has 2 atom stereocenters. The molecule has 2 saturated heterocycles. The van der Waals surface area contributed by atoms with E-state index in [0.29, 0.717) is 19.6 Å². The van der Waals surface area contributed by atoms with Crippen LogP contribution in [0, 0.1) is 5.41 Å². The Morgan fingerprint density at radius 2 is 2.09 bits per heavy atom. The van der Waals surface area contributed by atoms with E-state index in [1.807, 2.05) is 0 Å². The van der Waals surface area contributed by atoms with Crippen molar-refractivity contribution in [2.24, 2.45) is 12.5 Å². The number of β-amino-alcohol motifs (C(OH)–C–C–N with tert-alkyl or cyclic N) is 1. The highest BCUT2D eigenvalue weighted by molar-refractivity contribution is 6.04. The van der Waals surface area contributed by atoms with Crippen LogP contribution in [0.25, 0.3) is 0 Å². The summed E-state index contributed by atoms with van der Waals surface area (Å²) in [5, 5.41) is 18.6. The van der Waals surface area contributed by atoms with Crippen LogP contribution in [0.5, 0.6) is 0 Å². The van der Waals surface area contributed by atoms with Gasteiger partial charge in [0.05, 0.1) is 23.8 Å². The van der Waals surface area contributed by atoms with Crippen molar-refractivity contribution in [2.45, 2.75) is 18.9 Å². The Hall–Kier alpha value is -1.70. The highest BCUT2D eigenvalue weighted by atomic mass is 16.3. The number of carbonyl (C=O) groups is 1. The normalized spacial score (nSPS) is 26.4. The number of β-lactam (4-membered cyclic amide) rings is 1. The van der Waals surface area contributed by atoms with Crippen LogP contribution in [0.2, 0.25) is 0 Å². The van der Waals surface area contributed by atoms with Gasteiger partial charge in [0.15, 0.2) is 0 Å². The van der Waals surface area contributed by atoms with Crippen molar-refractivity contribution in [3.8, 4) is 0 Å². The van der Waals surface area contributed by atoms with E-state index >= 15 is 0 Å². The molecule has 126 valence electrons. The molecule has 2 unspecified atom stereocenters. The summed E-state index contributed by atoms with van der Waals surface area (Å²) in [6.07, 6.45) is 2.67. The highest BCUT2D eigenvalue weighted by Gasteiger charge is 2.54. The number of hydrogen-bond acceptors (Lipinski definition) is 5. The van der Waals surface area contributed by atoms with E-state index in [4.69, 9.17) is 5.11 Å². The van der Waals surface area contributed by atoms with Gasteiger partial charge in [-0.3, -0.25) is 14.5 Å². The van der Waals surface area contributed by atoms with Gasteiger partial charge in [-0.25, -0.2) is 0 Å². The number of rotatable bonds is 4. The van der Waals surface area contributed by atoms with E-state index < -0.39 is 6.10 Å². The lowest BCUT2D eigenvalue weighted by Crippen LogP contribution is -2.67. The second kappa shape index (κ2) is 6.07. The number of aliphatic hydroxyl groups excluding tert-OH is 2. The quantitative estimate of drug-likeness (QED) is 0.707. The largest absolute Gasteiger partial charge is 0.394 e. The van der Waals surface area contributed by atoms with Gasteiger partial charge in [-0.15, -0.1) is 0 Å². The Balaban J connectivity index is 1.70. The van der Waals surface area contributed by atoms with Gasteiger partial charge >= 0.3 is 0 Å². The molecule has 1 aromatic rings. The van der Waals surface area contributed by atoms with Crippen LogP contribution in [-0.4, -0.2) is 64.5 Å². The molecule has 0 bridgehead atoms. The van der Waals surface area contributed by atoms with Crippen LogP contribution in [0.1, 0.15) is 12.8 Å². The first-order valence-electron chi connectivity index (χ1n) is 7.95. The third kappa shape index (κ3) is 2.91. The number of carbonyl (C=O) groups excluding carboxylic acids is 1.